The molecule has 0 aliphatic heterocycles. The number of hydrogen-bond donors (Lipinski definition) is 0. The standard InChI is InChI=1S/C7H9NOS/c1-5(2)7-6(3-9)10-4-8-7/h3-5H,1-2H3. The molecule has 0 saturated heterocycles. The average molecular weight is 155 g/mol. The number of thiazole rings is 1. The Kier molecular flexibility index (Phi) is 2.17. The molecule has 0 amide bonds. The third-order valence-electron chi connectivity index (χ3n) is 1.28. The van der Waals surface area contributed by atoms with Crippen molar-refractivity contribution in [3.8, 4) is 0 Å². The topological polar surface area (TPSA) is 30.0 Å². The Bertz CT molecular complexity index is 229. The van der Waals surface area contributed by atoms with Crippen LogP contribution >= 0.6 is 11.3 Å². The summed E-state index contributed by atoms with van der Waals surface area (Å²) in [6, 6.07) is 0. The number of nitrogens with zero attached hydrogens (tertiary/aromatic N) is 1. The van der Waals surface area contributed by atoms with Crippen LogP contribution in [0.25, 0.3) is 0 Å². The van der Waals surface area contributed by atoms with Gasteiger partial charge in [-0.2, -0.15) is 0 Å². The Morgan fingerprint density at radius 1 is 1.70 bits per heavy atom. The second-order valence-corrected chi connectivity index (χ2v) is 3.26. The van der Waals surface area contributed by atoms with Crippen LogP contribution in [0.2, 0.25) is 0 Å². The molecule has 0 unspecified atom stereocenters. The van der Waals surface area contributed by atoms with Crippen LogP contribution in [0.15, 0.2) is 5.51 Å². The number of hydrogen-bond acceptors (Lipinski definition) is 3. The fraction of sp³-hybridized carbons (Fsp3) is 0.429. The van der Waals surface area contributed by atoms with Crippen molar-refractivity contribution in [2.24, 2.45) is 0 Å². The van der Waals surface area contributed by atoms with E-state index in [9.17, 15) is 4.79 Å². The molecule has 0 bridgehead atoms. The molecule has 0 fully saturated rings. The lowest BCUT2D eigenvalue weighted by Gasteiger charge is -1.98. The van der Waals surface area contributed by atoms with Gasteiger partial charge in [-0.15, -0.1) is 11.3 Å². The minimum absolute atomic E-state index is 0.353. The van der Waals surface area contributed by atoms with E-state index in [0.717, 1.165) is 16.9 Å². The Morgan fingerprint density at radius 2 is 2.40 bits per heavy atom. The van der Waals surface area contributed by atoms with E-state index in [1.807, 2.05) is 13.8 Å². The molecule has 1 rings (SSSR count). The lowest BCUT2D eigenvalue weighted by Crippen LogP contribution is -1.90. The van der Waals surface area contributed by atoms with Crippen LogP contribution in [-0.2, 0) is 0 Å². The van der Waals surface area contributed by atoms with E-state index in [1.54, 1.807) is 5.51 Å². The van der Waals surface area contributed by atoms with Crippen LogP contribution in [-0.4, -0.2) is 11.3 Å². The molecule has 1 heterocycles. The molecule has 0 aliphatic rings. The minimum atomic E-state index is 0.353. The number of carbonyl (C=O) groups excluding carboxylic acids is 1. The zero-order valence-electron chi connectivity index (χ0n) is 6.00. The molecule has 1 aromatic rings. The molecule has 0 N–H and O–H groups in total. The van der Waals surface area contributed by atoms with Gasteiger partial charge < -0.3 is 0 Å². The Balaban J connectivity index is 3.01. The third kappa shape index (κ3) is 1.24. The van der Waals surface area contributed by atoms with E-state index < -0.39 is 0 Å². The van der Waals surface area contributed by atoms with Gasteiger partial charge in [-0.05, 0) is 5.92 Å². The average Bonchev–Trinajstić information content (AvgIpc) is 2.33. The van der Waals surface area contributed by atoms with E-state index >= 15 is 0 Å². The lowest BCUT2D eigenvalue weighted by molar-refractivity contribution is 0.112. The van der Waals surface area contributed by atoms with Crippen LogP contribution in [0, 0.1) is 0 Å². The van der Waals surface area contributed by atoms with Gasteiger partial charge in [-0.25, -0.2) is 4.98 Å². The first-order valence-electron chi connectivity index (χ1n) is 3.14. The van der Waals surface area contributed by atoms with Crippen LogP contribution in [0.4, 0.5) is 0 Å². The predicted molar refractivity (Wildman–Crippen MR) is 41.6 cm³/mol. The maximum atomic E-state index is 10.4. The summed E-state index contributed by atoms with van der Waals surface area (Å²) < 4.78 is 0. The van der Waals surface area contributed by atoms with E-state index in [1.165, 1.54) is 11.3 Å². The summed E-state index contributed by atoms with van der Waals surface area (Å²) in [6.07, 6.45) is 0.868. The molecule has 0 radical (unpaired) electrons. The highest BCUT2D eigenvalue weighted by Gasteiger charge is 2.07. The highest BCUT2D eigenvalue weighted by atomic mass is 32.1. The van der Waals surface area contributed by atoms with Gasteiger partial charge in [0.05, 0.1) is 16.1 Å². The fourth-order valence-electron chi connectivity index (χ4n) is 0.786. The smallest absolute Gasteiger partial charge is 0.161 e. The van der Waals surface area contributed by atoms with Crippen molar-refractivity contribution in [2.45, 2.75) is 19.8 Å². The summed E-state index contributed by atoms with van der Waals surface area (Å²) in [7, 11) is 0. The molecule has 1 aromatic heterocycles. The van der Waals surface area contributed by atoms with Gasteiger partial charge in [-0.1, -0.05) is 13.8 Å². The zero-order chi connectivity index (χ0) is 7.56. The van der Waals surface area contributed by atoms with Crippen molar-refractivity contribution >= 4 is 17.6 Å². The summed E-state index contributed by atoms with van der Waals surface area (Å²) in [6.45, 7) is 4.06. The van der Waals surface area contributed by atoms with Gasteiger partial charge in [0, 0.05) is 0 Å². The summed E-state index contributed by atoms with van der Waals surface area (Å²) in [4.78, 5) is 15.2. The highest BCUT2D eigenvalue weighted by Crippen LogP contribution is 2.18. The number of rotatable bonds is 2. The van der Waals surface area contributed by atoms with E-state index in [2.05, 4.69) is 4.98 Å². The first-order chi connectivity index (χ1) is 4.75. The summed E-state index contributed by atoms with van der Waals surface area (Å²) in [5.41, 5.74) is 2.62. The molecular formula is C7H9NOS. The van der Waals surface area contributed by atoms with Crippen LogP contribution in [0.1, 0.15) is 35.1 Å². The molecule has 10 heavy (non-hydrogen) atoms. The molecular weight excluding hydrogens is 146 g/mol. The molecule has 0 aromatic carbocycles. The first-order valence-corrected chi connectivity index (χ1v) is 4.02. The number of aromatic nitrogens is 1. The van der Waals surface area contributed by atoms with Crippen molar-refractivity contribution in [3.05, 3.63) is 16.1 Å². The zero-order valence-corrected chi connectivity index (χ0v) is 6.81. The van der Waals surface area contributed by atoms with Crippen molar-refractivity contribution in [2.75, 3.05) is 0 Å². The summed E-state index contributed by atoms with van der Waals surface area (Å²) >= 11 is 1.40. The van der Waals surface area contributed by atoms with Crippen molar-refractivity contribution in [1.82, 2.24) is 4.98 Å². The normalized spacial score (nSPS) is 10.3. The Hall–Kier alpha value is -0.700. The van der Waals surface area contributed by atoms with Gasteiger partial charge in [0.1, 0.15) is 0 Å². The van der Waals surface area contributed by atoms with Gasteiger partial charge in [0.25, 0.3) is 0 Å². The fourth-order valence-corrected chi connectivity index (χ4v) is 1.53. The Morgan fingerprint density at radius 3 is 2.80 bits per heavy atom. The quantitative estimate of drug-likeness (QED) is 0.612. The monoisotopic (exact) mass is 155 g/mol. The molecule has 0 atom stereocenters. The second kappa shape index (κ2) is 2.92. The largest absolute Gasteiger partial charge is 0.297 e. The molecule has 54 valence electrons. The van der Waals surface area contributed by atoms with Crippen LogP contribution < -0.4 is 0 Å². The van der Waals surface area contributed by atoms with Crippen LogP contribution in [0.3, 0.4) is 0 Å². The van der Waals surface area contributed by atoms with Crippen molar-refractivity contribution in [3.63, 3.8) is 0 Å². The molecule has 0 saturated carbocycles. The Labute approximate surface area is 63.9 Å². The summed E-state index contributed by atoms with van der Waals surface area (Å²) in [5.74, 6) is 0.353. The predicted octanol–water partition coefficient (Wildman–Crippen LogP) is 2.08. The van der Waals surface area contributed by atoms with E-state index in [0.29, 0.717) is 5.92 Å². The van der Waals surface area contributed by atoms with E-state index in [4.69, 9.17) is 0 Å². The molecule has 0 aliphatic carbocycles. The minimum Gasteiger partial charge on any atom is -0.297 e. The first kappa shape index (κ1) is 7.41. The van der Waals surface area contributed by atoms with Gasteiger partial charge >= 0.3 is 0 Å². The van der Waals surface area contributed by atoms with Crippen LogP contribution in [0.5, 0.6) is 0 Å². The van der Waals surface area contributed by atoms with Crippen molar-refractivity contribution < 1.29 is 4.79 Å². The molecule has 2 nitrogen and oxygen atoms in total. The van der Waals surface area contributed by atoms with Crippen molar-refractivity contribution in [1.29, 1.82) is 0 Å². The maximum absolute atomic E-state index is 10.4. The number of carbonyl (C=O) groups is 1. The maximum Gasteiger partial charge on any atom is 0.161 e. The molecule has 0 spiro atoms. The van der Waals surface area contributed by atoms with Gasteiger partial charge in [0.2, 0.25) is 0 Å². The second-order valence-electron chi connectivity index (χ2n) is 2.37. The number of aldehydes is 1. The lowest BCUT2D eigenvalue weighted by atomic mass is 10.1. The van der Waals surface area contributed by atoms with E-state index in [-0.39, 0.29) is 0 Å². The molecule has 3 heteroatoms. The van der Waals surface area contributed by atoms with Gasteiger partial charge in [0.15, 0.2) is 6.29 Å². The third-order valence-corrected chi connectivity index (χ3v) is 2.05. The summed E-state index contributed by atoms with van der Waals surface area (Å²) in [5, 5.41) is 0. The SMILES string of the molecule is CC(C)c1ncsc1C=O. The highest BCUT2D eigenvalue weighted by molar-refractivity contribution is 7.11. The van der Waals surface area contributed by atoms with Gasteiger partial charge in [-0.3, -0.25) is 4.79 Å².